The monoisotopic (exact) mass is 370 g/mol. The van der Waals surface area contributed by atoms with Gasteiger partial charge in [0.05, 0.1) is 5.69 Å². The largest absolute Gasteiger partial charge is 0.301 e. The summed E-state index contributed by atoms with van der Waals surface area (Å²) in [6.07, 6.45) is 4.44. The normalized spacial score (nSPS) is 23.9. The zero-order valence-electron chi connectivity index (χ0n) is 16.6. The molecular weight excluding hydrogens is 344 g/mol. The Balaban J connectivity index is 1.61. The molecule has 5 rings (SSSR count). The molecule has 0 N–H and O–H groups in total. The maximum absolute atomic E-state index is 12.0. The maximum atomic E-state index is 12.0. The van der Waals surface area contributed by atoms with Crippen molar-refractivity contribution in [3.63, 3.8) is 0 Å². The van der Waals surface area contributed by atoms with E-state index in [9.17, 15) is 4.79 Å². The van der Waals surface area contributed by atoms with Crippen molar-refractivity contribution in [2.24, 2.45) is 5.92 Å². The highest BCUT2D eigenvalue weighted by Gasteiger charge is 2.46. The number of hydrogen-bond acceptors (Lipinski definition) is 2. The highest BCUT2D eigenvalue weighted by molar-refractivity contribution is 5.80. The average molecular weight is 370 g/mol. The molecule has 2 aromatic carbocycles. The molecule has 0 bridgehead atoms. The van der Waals surface area contributed by atoms with Crippen molar-refractivity contribution >= 4 is 5.78 Å². The first-order chi connectivity index (χ1) is 13.6. The van der Waals surface area contributed by atoms with Crippen LogP contribution < -0.4 is 0 Å². The third kappa shape index (κ3) is 2.64. The van der Waals surface area contributed by atoms with Gasteiger partial charge in [0.2, 0.25) is 0 Å². The van der Waals surface area contributed by atoms with E-state index in [-0.39, 0.29) is 5.41 Å². The van der Waals surface area contributed by atoms with Gasteiger partial charge in [0.15, 0.2) is 0 Å². The fourth-order valence-electron chi connectivity index (χ4n) is 5.31. The highest BCUT2D eigenvalue weighted by Crippen LogP contribution is 2.49. The van der Waals surface area contributed by atoms with Crippen LogP contribution in [0.2, 0.25) is 0 Å². The Morgan fingerprint density at radius 2 is 1.82 bits per heavy atom. The van der Waals surface area contributed by atoms with E-state index >= 15 is 0 Å². The van der Waals surface area contributed by atoms with Crippen LogP contribution in [0.25, 0.3) is 16.8 Å². The standard InChI is InChI=1S/C25H26N2O/c1-17-26-24-23(12-11-20-16-22(28)13-14-25(20,24)2)27(17)21-10-6-9-19(15-21)18-7-4-3-5-8-18/h3-10,15,20H,11-14,16H2,1-2H3/t20?,25-/m0/s1. The number of ketones is 1. The Hall–Kier alpha value is -2.68. The van der Waals surface area contributed by atoms with Crippen molar-refractivity contribution in [3.8, 4) is 16.8 Å². The van der Waals surface area contributed by atoms with Gasteiger partial charge in [-0.2, -0.15) is 0 Å². The first kappa shape index (κ1) is 17.4. The summed E-state index contributed by atoms with van der Waals surface area (Å²) in [5, 5.41) is 0. The molecule has 28 heavy (non-hydrogen) atoms. The first-order valence-electron chi connectivity index (χ1n) is 10.3. The number of aromatic nitrogens is 2. The number of hydrogen-bond donors (Lipinski definition) is 0. The predicted octanol–water partition coefficient (Wildman–Crippen LogP) is 5.42. The maximum Gasteiger partial charge on any atom is 0.133 e. The molecule has 1 aromatic heterocycles. The van der Waals surface area contributed by atoms with Crippen molar-refractivity contribution in [2.45, 2.75) is 51.4 Å². The smallest absolute Gasteiger partial charge is 0.133 e. The van der Waals surface area contributed by atoms with Crippen LogP contribution in [-0.2, 0) is 16.6 Å². The molecule has 2 aliphatic rings. The molecule has 1 unspecified atom stereocenters. The lowest BCUT2D eigenvalue weighted by Crippen LogP contribution is -2.42. The third-order valence-corrected chi connectivity index (χ3v) is 6.92. The van der Waals surface area contributed by atoms with Crippen molar-refractivity contribution < 1.29 is 4.79 Å². The van der Waals surface area contributed by atoms with E-state index in [0.29, 0.717) is 18.1 Å². The van der Waals surface area contributed by atoms with E-state index in [1.165, 1.54) is 28.2 Å². The summed E-state index contributed by atoms with van der Waals surface area (Å²) in [7, 11) is 0. The lowest BCUT2D eigenvalue weighted by molar-refractivity contribution is -0.123. The summed E-state index contributed by atoms with van der Waals surface area (Å²) >= 11 is 0. The van der Waals surface area contributed by atoms with Crippen LogP contribution in [-0.4, -0.2) is 15.3 Å². The SMILES string of the molecule is Cc1nc2c(n1-c1cccc(-c3ccccc3)c1)CCC1CC(=O)CC[C@]21C. The topological polar surface area (TPSA) is 34.9 Å². The second kappa shape index (κ2) is 6.44. The van der Waals surface area contributed by atoms with Crippen LogP contribution in [0.3, 0.4) is 0 Å². The molecule has 0 aliphatic heterocycles. The number of Topliss-reactive ketones (excluding diaryl/α,β-unsaturated/α-hetero) is 1. The molecule has 3 nitrogen and oxygen atoms in total. The molecule has 0 spiro atoms. The van der Waals surface area contributed by atoms with Gasteiger partial charge in [0.1, 0.15) is 11.6 Å². The van der Waals surface area contributed by atoms with Crippen molar-refractivity contribution in [1.29, 1.82) is 0 Å². The molecule has 0 saturated heterocycles. The van der Waals surface area contributed by atoms with Gasteiger partial charge in [-0.1, -0.05) is 49.4 Å². The summed E-state index contributed by atoms with van der Waals surface area (Å²) < 4.78 is 2.35. The Morgan fingerprint density at radius 1 is 1.04 bits per heavy atom. The second-order valence-corrected chi connectivity index (χ2v) is 8.60. The van der Waals surface area contributed by atoms with Crippen LogP contribution in [0.15, 0.2) is 54.6 Å². The minimum Gasteiger partial charge on any atom is -0.301 e. The number of carbonyl (C=O) groups is 1. The van der Waals surface area contributed by atoms with E-state index in [0.717, 1.165) is 31.5 Å². The van der Waals surface area contributed by atoms with Gasteiger partial charge < -0.3 is 4.57 Å². The summed E-state index contributed by atoms with van der Waals surface area (Å²) in [5.41, 5.74) is 6.25. The number of fused-ring (bicyclic) bond motifs is 3. The number of imidazole rings is 1. The molecule has 3 aromatic rings. The van der Waals surface area contributed by atoms with E-state index < -0.39 is 0 Å². The van der Waals surface area contributed by atoms with Crippen molar-refractivity contribution in [2.75, 3.05) is 0 Å². The molecule has 0 radical (unpaired) electrons. The molecule has 142 valence electrons. The minimum absolute atomic E-state index is 0.0363. The number of aryl methyl sites for hydroxylation is 1. The number of rotatable bonds is 2. The molecular formula is C25H26N2O. The van der Waals surface area contributed by atoms with Crippen LogP contribution in [0.5, 0.6) is 0 Å². The molecule has 3 heteroatoms. The Bertz CT molecular complexity index is 1050. The zero-order valence-corrected chi connectivity index (χ0v) is 16.6. The minimum atomic E-state index is 0.0363. The van der Waals surface area contributed by atoms with E-state index in [2.05, 4.69) is 73.0 Å². The molecule has 2 aliphatic carbocycles. The van der Waals surface area contributed by atoms with Crippen LogP contribution in [0.4, 0.5) is 0 Å². The number of carbonyl (C=O) groups excluding carboxylic acids is 1. The van der Waals surface area contributed by atoms with Gasteiger partial charge in [0.25, 0.3) is 0 Å². The fraction of sp³-hybridized carbons (Fsp3) is 0.360. The van der Waals surface area contributed by atoms with E-state index in [4.69, 9.17) is 4.98 Å². The molecule has 2 atom stereocenters. The van der Waals surface area contributed by atoms with Crippen LogP contribution >= 0.6 is 0 Å². The Kier molecular flexibility index (Phi) is 4.01. The third-order valence-electron chi connectivity index (χ3n) is 6.92. The Labute approximate surface area is 166 Å². The summed E-state index contributed by atoms with van der Waals surface area (Å²) in [6, 6.07) is 19.3. The van der Waals surface area contributed by atoms with E-state index in [1.807, 2.05) is 0 Å². The fourth-order valence-corrected chi connectivity index (χ4v) is 5.31. The molecule has 1 saturated carbocycles. The van der Waals surface area contributed by atoms with Gasteiger partial charge >= 0.3 is 0 Å². The lowest BCUT2D eigenvalue weighted by atomic mass is 9.60. The highest BCUT2D eigenvalue weighted by atomic mass is 16.1. The van der Waals surface area contributed by atoms with E-state index in [1.54, 1.807) is 0 Å². The van der Waals surface area contributed by atoms with Crippen LogP contribution in [0, 0.1) is 12.8 Å². The number of benzene rings is 2. The molecule has 1 fully saturated rings. The first-order valence-corrected chi connectivity index (χ1v) is 10.3. The molecule has 1 heterocycles. The van der Waals surface area contributed by atoms with Gasteiger partial charge in [-0.05, 0) is 55.4 Å². The summed E-state index contributed by atoms with van der Waals surface area (Å²) in [6.45, 7) is 4.44. The summed E-state index contributed by atoms with van der Waals surface area (Å²) in [5.74, 6) is 1.92. The van der Waals surface area contributed by atoms with Gasteiger partial charge in [0, 0.05) is 29.6 Å². The number of nitrogens with zero attached hydrogens (tertiary/aromatic N) is 2. The second-order valence-electron chi connectivity index (χ2n) is 8.60. The van der Waals surface area contributed by atoms with Gasteiger partial charge in [-0.25, -0.2) is 4.98 Å². The van der Waals surface area contributed by atoms with Crippen molar-refractivity contribution in [3.05, 3.63) is 71.8 Å². The summed E-state index contributed by atoms with van der Waals surface area (Å²) in [4.78, 5) is 17.1. The van der Waals surface area contributed by atoms with Crippen molar-refractivity contribution in [1.82, 2.24) is 9.55 Å². The van der Waals surface area contributed by atoms with Gasteiger partial charge in [-0.15, -0.1) is 0 Å². The zero-order chi connectivity index (χ0) is 19.3. The van der Waals surface area contributed by atoms with Crippen LogP contribution in [0.1, 0.15) is 49.8 Å². The molecule has 0 amide bonds. The quantitative estimate of drug-likeness (QED) is 0.604. The Morgan fingerprint density at radius 3 is 2.64 bits per heavy atom. The van der Waals surface area contributed by atoms with Gasteiger partial charge in [-0.3, -0.25) is 4.79 Å². The average Bonchev–Trinajstić information content (AvgIpc) is 3.07. The lowest BCUT2D eigenvalue weighted by Gasteiger charge is -2.43. The predicted molar refractivity (Wildman–Crippen MR) is 112 cm³/mol.